The number of aromatic nitrogens is 1. The van der Waals surface area contributed by atoms with Gasteiger partial charge in [0.15, 0.2) is 0 Å². The predicted molar refractivity (Wildman–Crippen MR) is 81.4 cm³/mol. The lowest BCUT2D eigenvalue weighted by atomic mass is 9.97. The summed E-state index contributed by atoms with van der Waals surface area (Å²) in [6.45, 7) is 1.88. The summed E-state index contributed by atoms with van der Waals surface area (Å²) in [5, 5.41) is 11.2. The zero-order chi connectivity index (χ0) is 15.7. The molecule has 22 heavy (non-hydrogen) atoms. The van der Waals surface area contributed by atoms with E-state index in [1.54, 1.807) is 12.3 Å². The first-order valence-electron chi connectivity index (χ1n) is 6.49. The van der Waals surface area contributed by atoms with E-state index in [-0.39, 0.29) is 16.9 Å². The fourth-order valence-electron chi connectivity index (χ4n) is 2.41. The van der Waals surface area contributed by atoms with E-state index in [9.17, 15) is 10.1 Å². The fraction of sp³-hybridized carbons (Fsp3) is 0.154. The van der Waals surface area contributed by atoms with E-state index in [4.69, 9.17) is 11.6 Å². The molecule has 0 radical (unpaired) electrons. The molecule has 3 rings (SSSR count). The summed E-state index contributed by atoms with van der Waals surface area (Å²) in [6.07, 6.45) is 1.45. The van der Waals surface area contributed by atoms with Gasteiger partial charge in [-0.2, -0.15) is 11.1 Å². The normalized spacial score (nSPS) is 15.2. The number of benzene rings is 1. The summed E-state index contributed by atoms with van der Waals surface area (Å²) in [5.74, 6) is 0. The average Bonchev–Trinajstić information content (AvgIpc) is 3.01. The van der Waals surface area contributed by atoms with Crippen LogP contribution in [0.1, 0.15) is 17.4 Å². The number of nitrogens with zero attached hydrogens (tertiary/aromatic N) is 2. The molecule has 1 saturated heterocycles. The number of hydrogen-bond donors (Lipinski definition) is 4. The number of hydrazine groups is 3. The van der Waals surface area contributed by atoms with Crippen LogP contribution in [0.15, 0.2) is 30.5 Å². The molecule has 0 aliphatic carbocycles. The van der Waals surface area contributed by atoms with Crippen molar-refractivity contribution < 1.29 is 4.92 Å². The number of aryl methyl sites for hydroxylation is 1. The zero-order valence-corrected chi connectivity index (χ0v) is 12.3. The van der Waals surface area contributed by atoms with Gasteiger partial charge < -0.3 is 0 Å². The third kappa shape index (κ3) is 2.65. The molecule has 8 nitrogen and oxygen atoms in total. The maximum atomic E-state index is 11.1. The summed E-state index contributed by atoms with van der Waals surface area (Å²) >= 11 is 5.88. The van der Waals surface area contributed by atoms with E-state index < -0.39 is 4.92 Å². The SMILES string of the molecule is Cc1nccc(-c2ccc(Cl)c([N+](=O)[O-])c2)c1C1NNNN1. The van der Waals surface area contributed by atoms with Gasteiger partial charge in [-0.1, -0.05) is 17.7 Å². The predicted octanol–water partition coefficient (Wildman–Crippen LogP) is 1.73. The largest absolute Gasteiger partial charge is 0.288 e. The van der Waals surface area contributed by atoms with Crippen molar-refractivity contribution in [2.45, 2.75) is 13.1 Å². The van der Waals surface area contributed by atoms with Crippen LogP contribution in [-0.4, -0.2) is 9.91 Å². The van der Waals surface area contributed by atoms with Crippen LogP contribution in [0.25, 0.3) is 11.1 Å². The smallest absolute Gasteiger partial charge is 0.261 e. The highest BCUT2D eigenvalue weighted by molar-refractivity contribution is 6.32. The number of nitro groups is 1. The molecule has 9 heteroatoms. The third-order valence-corrected chi connectivity index (χ3v) is 3.75. The van der Waals surface area contributed by atoms with E-state index in [2.05, 4.69) is 26.9 Å². The summed E-state index contributed by atoms with van der Waals surface area (Å²) in [7, 11) is 0. The molecular weight excluding hydrogens is 308 g/mol. The number of halogens is 1. The molecule has 114 valence electrons. The fourth-order valence-corrected chi connectivity index (χ4v) is 2.60. The highest BCUT2D eigenvalue weighted by atomic mass is 35.5. The van der Waals surface area contributed by atoms with Gasteiger partial charge in [-0.25, -0.2) is 10.9 Å². The second kappa shape index (κ2) is 5.95. The molecule has 0 saturated carbocycles. The Labute approximate surface area is 130 Å². The lowest BCUT2D eigenvalue weighted by molar-refractivity contribution is -0.384. The average molecular weight is 321 g/mol. The number of nitro benzene ring substituents is 1. The maximum absolute atomic E-state index is 11.1. The van der Waals surface area contributed by atoms with Crippen LogP contribution in [0.4, 0.5) is 5.69 Å². The van der Waals surface area contributed by atoms with E-state index in [1.165, 1.54) is 12.1 Å². The van der Waals surface area contributed by atoms with Crippen molar-refractivity contribution in [1.82, 2.24) is 26.9 Å². The Balaban J connectivity index is 2.14. The van der Waals surface area contributed by atoms with Crippen molar-refractivity contribution in [2.75, 3.05) is 0 Å². The van der Waals surface area contributed by atoms with E-state index in [0.717, 1.165) is 16.8 Å². The number of hydrogen-bond acceptors (Lipinski definition) is 7. The van der Waals surface area contributed by atoms with Gasteiger partial charge in [0.2, 0.25) is 0 Å². The summed E-state index contributed by atoms with van der Waals surface area (Å²) in [4.78, 5) is 14.9. The van der Waals surface area contributed by atoms with Crippen molar-refractivity contribution >= 4 is 17.3 Å². The molecule has 4 N–H and O–H groups in total. The van der Waals surface area contributed by atoms with E-state index in [1.807, 2.05) is 13.0 Å². The standard InChI is InChI=1S/C13H13ClN6O2/c1-7-12(13-16-18-19-17-13)9(4-5-15-7)8-2-3-10(14)11(6-8)20(21)22/h2-6,13,16-19H,1H3. The molecule has 1 aromatic heterocycles. The number of pyridine rings is 1. The molecule has 0 amide bonds. The number of nitrogens with one attached hydrogen (secondary N) is 4. The van der Waals surface area contributed by atoms with Crippen molar-refractivity contribution in [1.29, 1.82) is 0 Å². The van der Waals surface area contributed by atoms with Crippen LogP contribution in [-0.2, 0) is 0 Å². The summed E-state index contributed by atoms with van der Waals surface area (Å²) in [6, 6.07) is 6.57. The summed E-state index contributed by atoms with van der Waals surface area (Å²) in [5.41, 5.74) is 14.6. The molecular formula is C13H13ClN6O2. The van der Waals surface area contributed by atoms with E-state index in [0.29, 0.717) is 5.56 Å². The minimum Gasteiger partial charge on any atom is -0.261 e. The second-order valence-electron chi connectivity index (χ2n) is 4.75. The first-order valence-corrected chi connectivity index (χ1v) is 6.86. The Kier molecular flexibility index (Phi) is 4.01. The molecule has 2 heterocycles. The Morgan fingerprint density at radius 3 is 2.68 bits per heavy atom. The Morgan fingerprint density at radius 2 is 2.00 bits per heavy atom. The van der Waals surface area contributed by atoms with Gasteiger partial charge in [-0.3, -0.25) is 15.1 Å². The highest BCUT2D eigenvalue weighted by Crippen LogP contribution is 2.34. The molecule has 0 bridgehead atoms. The highest BCUT2D eigenvalue weighted by Gasteiger charge is 2.23. The van der Waals surface area contributed by atoms with Crippen LogP contribution in [0.3, 0.4) is 0 Å². The third-order valence-electron chi connectivity index (χ3n) is 3.43. The zero-order valence-electron chi connectivity index (χ0n) is 11.6. The van der Waals surface area contributed by atoms with Crippen molar-refractivity contribution in [2.24, 2.45) is 0 Å². The molecule has 0 spiro atoms. The van der Waals surface area contributed by atoms with Gasteiger partial charge in [-0.05, 0) is 30.2 Å². The van der Waals surface area contributed by atoms with Crippen molar-refractivity contribution in [3.8, 4) is 11.1 Å². The minimum absolute atomic E-state index is 0.113. The van der Waals surface area contributed by atoms with Crippen molar-refractivity contribution in [3.63, 3.8) is 0 Å². The van der Waals surface area contributed by atoms with Crippen LogP contribution >= 0.6 is 11.6 Å². The van der Waals surface area contributed by atoms with Crippen LogP contribution in [0.5, 0.6) is 0 Å². The molecule has 1 aliphatic rings. The molecule has 1 aromatic carbocycles. The molecule has 1 aliphatic heterocycles. The quantitative estimate of drug-likeness (QED) is 0.504. The second-order valence-corrected chi connectivity index (χ2v) is 5.16. The van der Waals surface area contributed by atoms with Crippen LogP contribution in [0, 0.1) is 17.0 Å². The summed E-state index contributed by atoms with van der Waals surface area (Å²) < 4.78 is 0. The Hall–Kier alpha value is -2.10. The van der Waals surface area contributed by atoms with Gasteiger partial charge >= 0.3 is 0 Å². The van der Waals surface area contributed by atoms with Crippen molar-refractivity contribution in [3.05, 3.63) is 56.9 Å². The molecule has 2 aromatic rings. The van der Waals surface area contributed by atoms with E-state index >= 15 is 0 Å². The van der Waals surface area contributed by atoms with Gasteiger partial charge in [0.25, 0.3) is 5.69 Å². The van der Waals surface area contributed by atoms with Gasteiger partial charge in [0.05, 0.1) is 4.92 Å². The van der Waals surface area contributed by atoms with Crippen LogP contribution < -0.4 is 21.9 Å². The number of rotatable bonds is 3. The Morgan fingerprint density at radius 1 is 1.27 bits per heavy atom. The molecule has 0 unspecified atom stereocenters. The lowest BCUT2D eigenvalue weighted by Gasteiger charge is -2.17. The topological polar surface area (TPSA) is 104 Å². The van der Waals surface area contributed by atoms with Gasteiger partial charge in [0.1, 0.15) is 11.2 Å². The minimum atomic E-state index is -0.491. The Bertz CT molecular complexity index is 732. The van der Waals surface area contributed by atoms with Gasteiger partial charge in [-0.15, -0.1) is 0 Å². The first-order chi connectivity index (χ1) is 10.6. The van der Waals surface area contributed by atoms with Crippen LogP contribution in [0.2, 0.25) is 5.02 Å². The first kappa shape index (κ1) is 14.8. The lowest BCUT2D eigenvalue weighted by Crippen LogP contribution is -2.33. The molecule has 1 fully saturated rings. The monoisotopic (exact) mass is 320 g/mol. The maximum Gasteiger partial charge on any atom is 0.288 e. The van der Waals surface area contributed by atoms with Gasteiger partial charge in [0, 0.05) is 23.5 Å². The molecule has 0 atom stereocenters.